The van der Waals surface area contributed by atoms with Crippen molar-refractivity contribution in [1.82, 2.24) is 4.98 Å². The standard InChI is InChI=1S/C14H14Cl2N2S/c1-9(17)6-10-2-5-14(18-8-10)19-13-7-11(15)3-4-12(13)16/h2-5,7-9H,6,17H2,1H3. The zero-order valence-electron chi connectivity index (χ0n) is 10.4. The lowest BCUT2D eigenvalue weighted by molar-refractivity contribution is 0.734. The molecule has 5 heteroatoms. The second kappa shape index (κ2) is 6.62. The molecule has 1 unspecified atom stereocenters. The van der Waals surface area contributed by atoms with Gasteiger partial charge in [-0.05, 0) is 43.2 Å². The van der Waals surface area contributed by atoms with Gasteiger partial charge in [-0.25, -0.2) is 4.98 Å². The number of aromatic nitrogens is 1. The van der Waals surface area contributed by atoms with E-state index in [1.165, 1.54) is 11.8 Å². The minimum Gasteiger partial charge on any atom is -0.328 e. The fourth-order valence-corrected chi connectivity index (χ4v) is 2.92. The number of pyridine rings is 1. The summed E-state index contributed by atoms with van der Waals surface area (Å²) >= 11 is 13.6. The molecule has 0 amide bonds. The van der Waals surface area contributed by atoms with Crippen molar-refractivity contribution in [2.24, 2.45) is 5.73 Å². The van der Waals surface area contributed by atoms with Crippen LogP contribution in [-0.4, -0.2) is 11.0 Å². The van der Waals surface area contributed by atoms with Gasteiger partial charge in [-0.3, -0.25) is 0 Å². The molecule has 2 rings (SSSR count). The highest BCUT2D eigenvalue weighted by atomic mass is 35.5. The highest BCUT2D eigenvalue weighted by molar-refractivity contribution is 7.99. The molecule has 0 spiro atoms. The van der Waals surface area contributed by atoms with E-state index in [1.54, 1.807) is 12.1 Å². The van der Waals surface area contributed by atoms with Crippen molar-refractivity contribution in [3.05, 3.63) is 52.1 Å². The molecule has 0 aliphatic rings. The quantitative estimate of drug-likeness (QED) is 0.907. The molecule has 2 nitrogen and oxygen atoms in total. The summed E-state index contributed by atoms with van der Waals surface area (Å²) in [6.07, 6.45) is 2.68. The van der Waals surface area contributed by atoms with Gasteiger partial charge in [-0.15, -0.1) is 0 Å². The Morgan fingerprint density at radius 1 is 1.26 bits per heavy atom. The van der Waals surface area contributed by atoms with E-state index in [1.807, 2.05) is 31.3 Å². The molecule has 1 aromatic heterocycles. The second-order valence-corrected chi connectivity index (χ2v) is 6.27. The molecule has 1 heterocycles. The van der Waals surface area contributed by atoms with Crippen LogP contribution in [0.5, 0.6) is 0 Å². The van der Waals surface area contributed by atoms with Gasteiger partial charge in [0.25, 0.3) is 0 Å². The van der Waals surface area contributed by atoms with Gasteiger partial charge >= 0.3 is 0 Å². The average Bonchev–Trinajstić information content (AvgIpc) is 2.35. The number of halogens is 2. The highest BCUT2D eigenvalue weighted by Gasteiger charge is 2.05. The smallest absolute Gasteiger partial charge is 0.101 e. The van der Waals surface area contributed by atoms with E-state index >= 15 is 0 Å². The SMILES string of the molecule is CC(N)Cc1ccc(Sc2cc(Cl)ccc2Cl)nc1. The van der Waals surface area contributed by atoms with E-state index in [9.17, 15) is 0 Å². The van der Waals surface area contributed by atoms with Gasteiger partial charge in [0.05, 0.1) is 5.02 Å². The molecule has 0 saturated heterocycles. The minimum absolute atomic E-state index is 0.141. The van der Waals surface area contributed by atoms with E-state index < -0.39 is 0 Å². The normalized spacial score (nSPS) is 12.4. The molecule has 0 fully saturated rings. The van der Waals surface area contributed by atoms with Crippen molar-refractivity contribution >= 4 is 35.0 Å². The maximum absolute atomic E-state index is 6.12. The van der Waals surface area contributed by atoms with E-state index in [-0.39, 0.29) is 6.04 Å². The van der Waals surface area contributed by atoms with Crippen LogP contribution in [0.25, 0.3) is 0 Å². The third kappa shape index (κ3) is 4.39. The van der Waals surface area contributed by atoms with E-state index in [2.05, 4.69) is 4.98 Å². The van der Waals surface area contributed by atoms with Gasteiger partial charge in [-0.1, -0.05) is 41.0 Å². The van der Waals surface area contributed by atoms with Crippen LogP contribution in [0, 0.1) is 0 Å². The molecule has 1 aromatic carbocycles. The van der Waals surface area contributed by atoms with Gasteiger partial charge in [0, 0.05) is 22.2 Å². The van der Waals surface area contributed by atoms with Crippen molar-refractivity contribution in [2.75, 3.05) is 0 Å². The Labute approximate surface area is 127 Å². The third-order valence-corrected chi connectivity index (χ3v) is 4.15. The van der Waals surface area contributed by atoms with E-state index in [0.717, 1.165) is 21.9 Å². The Bertz CT molecular complexity index is 556. The lowest BCUT2D eigenvalue weighted by atomic mass is 10.1. The van der Waals surface area contributed by atoms with Gasteiger partial charge in [-0.2, -0.15) is 0 Å². The largest absolute Gasteiger partial charge is 0.328 e. The second-order valence-electron chi connectivity index (χ2n) is 4.36. The van der Waals surface area contributed by atoms with Crippen LogP contribution in [0.3, 0.4) is 0 Å². The number of hydrogen-bond acceptors (Lipinski definition) is 3. The highest BCUT2D eigenvalue weighted by Crippen LogP contribution is 2.34. The summed E-state index contributed by atoms with van der Waals surface area (Å²) in [7, 11) is 0. The third-order valence-electron chi connectivity index (χ3n) is 2.46. The van der Waals surface area contributed by atoms with Gasteiger partial charge < -0.3 is 5.73 Å². The summed E-state index contributed by atoms with van der Waals surface area (Å²) in [6.45, 7) is 1.98. The number of nitrogens with zero attached hydrogens (tertiary/aromatic N) is 1. The zero-order valence-corrected chi connectivity index (χ0v) is 12.8. The Balaban J connectivity index is 2.13. The van der Waals surface area contributed by atoms with Crippen molar-refractivity contribution in [2.45, 2.75) is 29.3 Å². The Morgan fingerprint density at radius 2 is 2.05 bits per heavy atom. The maximum atomic E-state index is 6.12. The Hall–Kier alpha value is -0.740. The van der Waals surface area contributed by atoms with Crippen LogP contribution in [-0.2, 0) is 6.42 Å². The zero-order chi connectivity index (χ0) is 13.8. The minimum atomic E-state index is 0.141. The molecule has 19 heavy (non-hydrogen) atoms. The Kier molecular flexibility index (Phi) is 5.11. The fourth-order valence-electron chi connectivity index (χ4n) is 1.63. The van der Waals surface area contributed by atoms with Crippen molar-refractivity contribution in [3.63, 3.8) is 0 Å². The number of benzene rings is 1. The van der Waals surface area contributed by atoms with Crippen molar-refractivity contribution in [3.8, 4) is 0 Å². The molecule has 2 aromatic rings. The lowest BCUT2D eigenvalue weighted by Gasteiger charge is -2.07. The summed E-state index contributed by atoms with van der Waals surface area (Å²) in [5.41, 5.74) is 6.89. The first-order chi connectivity index (χ1) is 9.04. The molecule has 0 radical (unpaired) electrons. The van der Waals surface area contributed by atoms with Crippen LogP contribution in [0.1, 0.15) is 12.5 Å². The molecule has 2 N–H and O–H groups in total. The molecule has 100 valence electrons. The molecule has 0 saturated carbocycles. The predicted molar refractivity (Wildman–Crippen MR) is 82.2 cm³/mol. The van der Waals surface area contributed by atoms with E-state index in [0.29, 0.717) is 10.0 Å². The van der Waals surface area contributed by atoms with Crippen LogP contribution in [0.2, 0.25) is 10.0 Å². The monoisotopic (exact) mass is 312 g/mol. The number of rotatable bonds is 4. The summed E-state index contributed by atoms with van der Waals surface area (Å²) < 4.78 is 0. The summed E-state index contributed by atoms with van der Waals surface area (Å²) in [6, 6.07) is 9.55. The Morgan fingerprint density at radius 3 is 2.68 bits per heavy atom. The van der Waals surface area contributed by atoms with Gasteiger partial charge in [0.1, 0.15) is 5.03 Å². The van der Waals surface area contributed by atoms with E-state index in [4.69, 9.17) is 28.9 Å². The fraction of sp³-hybridized carbons (Fsp3) is 0.214. The first kappa shape index (κ1) is 14.7. The predicted octanol–water partition coefficient (Wildman–Crippen LogP) is 4.43. The van der Waals surface area contributed by atoms with Gasteiger partial charge in [0.15, 0.2) is 0 Å². The molecule has 0 aliphatic carbocycles. The van der Waals surface area contributed by atoms with Crippen LogP contribution in [0.4, 0.5) is 0 Å². The van der Waals surface area contributed by atoms with Crippen LogP contribution >= 0.6 is 35.0 Å². The number of nitrogens with two attached hydrogens (primary N) is 1. The molecular weight excluding hydrogens is 299 g/mol. The van der Waals surface area contributed by atoms with Crippen LogP contribution in [0.15, 0.2) is 46.5 Å². The molecule has 1 atom stereocenters. The average molecular weight is 313 g/mol. The number of hydrogen-bond donors (Lipinski definition) is 1. The molecular formula is C14H14Cl2N2S. The lowest BCUT2D eigenvalue weighted by Crippen LogP contribution is -2.17. The summed E-state index contributed by atoms with van der Waals surface area (Å²) in [5.74, 6) is 0. The van der Waals surface area contributed by atoms with Gasteiger partial charge in [0.2, 0.25) is 0 Å². The first-order valence-corrected chi connectivity index (χ1v) is 7.45. The first-order valence-electron chi connectivity index (χ1n) is 5.88. The van der Waals surface area contributed by atoms with Crippen molar-refractivity contribution < 1.29 is 0 Å². The molecule has 0 bridgehead atoms. The van der Waals surface area contributed by atoms with Crippen LogP contribution < -0.4 is 5.73 Å². The molecule has 0 aliphatic heterocycles. The topological polar surface area (TPSA) is 38.9 Å². The maximum Gasteiger partial charge on any atom is 0.101 e. The summed E-state index contributed by atoms with van der Waals surface area (Å²) in [5, 5.41) is 2.23. The van der Waals surface area contributed by atoms with Crippen molar-refractivity contribution in [1.29, 1.82) is 0 Å². The summed E-state index contributed by atoms with van der Waals surface area (Å²) in [4.78, 5) is 5.31.